The molecule has 1 aromatic carbocycles. The first-order valence-corrected chi connectivity index (χ1v) is 6.55. The molecule has 1 aliphatic rings. The Morgan fingerprint density at radius 1 is 1.36 bits per heavy atom. The Bertz CT molecular complexity index is 625. The van der Waals surface area contributed by atoms with Gasteiger partial charge < -0.3 is 4.74 Å². The van der Waals surface area contributed by atoms with Crippen LogP contribution in [-0.2, 0) is 0 Å². The van der Waals surface area contributed by atoms with Crippen molar-refractivity contribution >= 4 is 11.5 Å². The van der Waals surface area contributed by atoms with Crippen LogP contribution in [0.3, 0.4) is 0 Å². The van der Waals surface area contributed by atoms with Gasteiger partial charge in [-0.1, -0.05) is 13.8 Å². The SMILES string of the molecule is CC(C)(CC1COc2ccc([N+](=O)[O-])cc2C1=O)C(F)(F)F. The molecule has 0 amide bonds. The Morgan fingerprint density at radius 2 is 2.00 bits per heavy atom. The molecule has 22 heavy (non-hydrogen) atoms. The van der Waals surface area contributed by atoms with Crippen LogP contribution < -0.4 is 4.74 Å². The summed E-state index contributed by atoms with van der Waals surface area (Å²) in [7, 11) is 0. The molecule has 1 aliphatic heterocycles. The summed E-state index contributed by atoms with van der Waals surface area (Å²) in [6.07, 6.45) is -4.88. The first kappa shape index (κ1) is 16.3. The molecule has 1 heterocycles. The van der Waals surface area contributed by atoms with Gasteiger partial charge in [0.15, 0.2) is 5.78 Å². The van der Waals surface area contributed by atoms with Crippen molar-refractivity contribution in [2.45, 2.75) is 26.4 Å². The third-order valence-corrected chi connectivity index (χ3v) is 3.77. The number of fused-ring (bicyclic) bond motifs is 1. The molecular formula is C14H14F3NO4. The van der Waals surface area contributed by atoms with Crippen molar-refractivity contribution in [3.8, 4) is 5.75 Å². The molecule has 0 N–H and O–H groups in total. The van der Waals surface area contributed by atoms with Crippen LogP contribution in [0.2, 0.25) is 0 Å². The molecule has 0 aliphatic carbocycles. The van der Waals surface area contributed by atoms with E-state index in [1.807, 2.05) is 0 Å². The summed E-state index contributed by atoms with van der Waals surface area (Å²) >= 11 is 0. The van der Waals surface area contributed by atoms with Crippen LogP contribution in [0.4, 0.5) is 18.9 Å². The van der Waals surface area contributed by atoms with Crippen molar-refractivity contribution < 1.29 is 27.6 Å². The number of alkyl halides is 3. The maximum atomic E-state index is 12.9. The number of halogens is 3. The van der Waals surface area contributed by atoms with Crippen LogP contribution in [0.25, 0.3) is 0 Å². The number of hydrogen-bond acceptors (Lipinski definition) is 4. The topological polar surface area (TPSA) is 69.4 Å². The zero-order chi connectivity index (χ0) is 16.7. The number of rotatable bonds is 3. The number of nitrogens with zero attached hydrogens (tertiary/aromatic N) is 1. The van der Waals surface area contributed by atoms with Crippen LogP contribution in [0.5, 0.6) is 5.75 Å². The van der Waals surface area contributed by atoms with Gasteiger partial charge >= 0.3 is 6.18 Å². The second kappa shape index (κ2) is 5.26. The van der Waals surface area contributed by atoms with Gasteiger partial charge in [-0.2, -0.15) is 13.2 Å². The predicted molar refractivity (Wildman–Crippen MR) is 70.9 cm³/mol. The lowest BCUT2D eigenvalue weighted by Crippen LogP contribution is -2.39. The van der Waals surface area contributed by atoms with Crippen molar-refractivity contribution in [2.75, 3.05) is 6.61 Å². The van der Waals surface area contributed by atoms with Crippen molar-refractivity contribution in [3.05, 3.63) is 33.9 Å². The summed E-state index contributed by atoms with van der Waals surface area (Å²) in [5, 5.41) is 10.7. The van der Waals surface area contributed by atoms with Gasteiger partial charge in [-0.25, -0.2) is 0 Å². The lowest BCUT2D eigenvalue weighted by atomic mass is 9.78. The Labute approximate surface area is 124 Å². The molecule has 0 spiro atoms. The van der Waals surface area contributed by atoms with E-state index in [1.165, 1.54) is 12.1 Å². The quantitative estimate of drug-likeness (QED) is 0.628. The van der Waals surface area contributed by atoms with Crippen molar-refractivity contribution in [1.29, 1.82) is 0 Å². The van der Waals surface area contributed by atoms with Gasteiger partial charge in [-0.15, -0.1) is 0 Å². The number of non-ortho nitro benzene ring substituents is 1. The Morgan fingerprint density at radius 3 is 2.55 bits per heavy atom. The number of ketones is 1. The summed E-state index contributed by atoms with van der Waals surface area (Å²) in [6, 6.07) is 3.52. The number of benzene rings is 1. The highest BCUT2D eigenvalue weighted by molar-refractivity contribution is 6.01. The highest BCUT2D eigenvalue weighted by atomic mass is 19.4. The maximum absolute atomic E-state index is 12.9. The summed E-state index contributed by atoms with van der Waals surface area (Å²) in [5.74, 6) is -1.37. The molecule has 0 radical (unpaired) electrons. The van der Waals surface area contributed by atoms with Crippen molar-refractivity contribution in [2.24, 2.45) is 11.3 Å². The Balaban J connectivity index is 2.28. The number of carbonyl (C=O) groups excluding carboxylic acids is 1. The van der Waals surface area contributed by atoms with E-state index in [0.717, 1.165) is 19.9 Å². The first-order chi connectivity index (χ1) is 10.0. The molecule has 0 fully saturated rings. The third kappa shape index (κ3) is 2.90. The highest BCUT2D eigenvalue weighted by Crippen LogP contribution is 2.44. The molecular weight excluding hydrogens is 303 g/mol. The summed E-state index contributed by atoms with van der Waals surface area (Å²) in [4.78, 5) is 22.4. The van der Waals surface area contributed by atoms with Crippen molar-refractivity contribution in [3.63, 3.8) is 0 Å². The largest absolute Gasteiger partial charge is 0.492 e. The summed E-state index contributed by atoms with van der Waals surface area (Å²) < 4.78 is 44.1. The lowest BCUT2D eigenvalue weighted by Gasteiger charge is -2.33. The lowest BCUT2D eigenvalue weighted by molar-refractivity contribution is -0.384. The predicted octanol–water partition coefficient (Wildman–Crippen LogP) is 3.76. The molecule has 2 rings (SSSR count). The summed E-state index contributed by atoms with van der Waals surface area (Å²) in [6.45, 7) is 1.87. The number of ether oxygens (including phenoxy) is 1. The third-order valence-electron chi connectivity index (χ3n) is 3.77. The molecule has 0 saturated carbocycles. The standard InChI is InChI=1S/C14H14F3NO4/c1-13(2,14(15,16)17)6-8-7-22-11-4-3-9(18(20)21)5-10(11)12(8)19/h3-5,8H,6-7H2,1-2H3. The first-order valence-electron chi connectivity index (χ1n) is 6.55. The molecule has 1 unspecified atom stereocenters. The molecule has 0 bridgehead atoms. The minimum atomic E-state index is -4.45. The summed E-state index contributed by atoms with van der Waals surface area (Å²) in [5.41, 5.74) is -2.38. The number of Topliss-reactive ketones (excluding diaryl/α,β-unsaturated/α-hetero) is 1. The minimum absolute atomic E-state index is 0.0385. The molecule has 8 heteroatoms. The van der Waals surface area contributed by atoms with Crippen LogP contribution in [-0.4, -0.2) is 23.5 Å². The maximum Gasteiger partial charge on any atom is 0.394 e. The van der Waals surface area contributed by atoms with E-state index in [0.29, 0.717) is 0 Å². The second-order valence-corrected chi connectivity index (χ2v) is 5.90. The fraction of sp³-hybridized carbons (Fsp3) is 0.500. The highest BCUT2D eigenvalue weighted by Gasteiger charge is 2.49. The number of nitro benzene ring substituents is 1. The van der Waals surface area contributed by atoms with Gasteiger partial charge in [-0.3, -0.25) is 14.9 Å². The number of hydrogen-bond donors (Lipinski definition) is 0. The van der Waals surface area contributed by atoms with E-state index in [4.69, 9.17) is 4.74 Å². The molecule has 0 saturated heterocycles. The fourth-order valence-electron chi connectivity index (χ4n) is 2.32. The Kier molecular flexibility index (Phi) is 3.88. The van der Waals surface area contributed by atoms with Crippen LogP contribution in [0.15, 0.2) is 18.2 Å². The molecule has 1 atom stereocenters. The van der Waals surface area contributed by atoms with Gasteiger partial charge in [0.1, 0.15) is 5.75 Å². The molecule has 0 aromatic heterocycles. The molecule has 1 aromatic rings. The van der Waals surface area contributed by atoms with E-state index in [1.54, 1.807) is 0 Å². The van der Waals surface area contributed by atoms with E-state index in [2.05, 4.69) is 0 Å². The van der Waals surface area contributed by atoms with Gasteiger partial charge in [-0.05, 0) is 12.5 Å². The zero-order valence-electron chi connectivity index (χ0n) is 11.9. The molecule has 120 valence electrons. The number of nitro groups is 1. The van der Waals surface area contributed by atoms with Gasteiger partial charge in [0.05, 0.1) is 28.4 Å². The van der Waals surface area contributed by atoms with Crippen molar-refractivity contribution in [1.82, 2.24) is 0 Å². The zero-order valence-corrected chi connectivity index (χ0v) is 11.9. The smallest absolute Gasteiger partial charge is 0.394 e. The van der Waals surface area contributed by atoms with Crippen LogP contribution in [0, 0.1) is 21.4 Å². The van der Waals surface area contributed by atoms with E-state index < -0.39 is 34.6 Å². The fourth-order valence-corrected chi connectivity index (χ4v) is 2.32. The average molecular weight is 317 g/mol. The van der Waals surface area contributed by atoms with Gasteiger partial charge in [0, 0.05) is 12.1 Å². The molecule has 5 nitrogen and oxygen atoms in total. The average Bonchev–Trinajstić information content (AvgIpc) is 2.40. The Hall–Kier alpha value is -2.12. The normalized spacial score (nSPS) is 18.6. The monoisotopic (exact) mass is 317 g/mol. The van der Waals surface area contributed by atoms with Crippen LogP contribution >= 0.6 is 0 Å². The second-order valence-electron chi connectivity index (χ2n) is 5.90. The minimum Gasteiger partial charge on any atom is -0.492 e. The van der Waals surface area contributed by atoms with E-state index >= 15 is 0 Å². The van der Waals surface area contributed by atoms with Gasteiger partial charge in [0.25, 0.3) is 5.69 Å². The number of carbonyl (C=O) groups is 1. The van der Waals surface area contributed by atoms with Crippen LogP contribution in [0.1, 0.15) is 30.6 Å². The van der Waals surface area contributed by atoms with Gasteiger partial charge in [0.2, 0.25) is 0 Å². The van der Waals surface area contributed by atoms with E-state index in [9.17, 15) is 28.1 Å². The van der Waals surface area contributed by atoms with E-state index in [-0.39, 0.29) is 23.6 Å².